The van der Waals surface area contributed by atoms with E-state index in [0.29, 0.717) is 6.61 Å². The van der Waals surface area contributed by atoms with Crippen molar-refractivity contribution in [3.8, 4) is 5.75 Å². The molecule has 0 bridgehead atoms. The van der Waals surface area contributed by atoms with E-state index >= 15 is 0 Å². The number of nitrogens with one attached hydrogen (secondary N) is 1. The van der Waals surface area contributed by atoms with Crippen molar-refractivity contribution in [3.05, 3.63) is 24.3 Å². The number of alkyl halides is 1. The van der Waals surface area contributed by atoms with Gasteiger partial charge < -0.3 is 14.8 Å². The van der Waals surface area contributed by atoms with Gasteiger partial charge in [0.05, 0.1) is 13.7 Å². The van der Waals surface area contributed by atoms with Crippen LogP contribution in [0, 0.1) is 0 Å². The second kappa shape index (κ2) is 6.23. The number of halogens is 1. The predicted octanol–water partition coefficient (Wildman–Crippen LogP) is 2.24. The first kappa shape index (κ1) is 12.6. The Labute approximate surface area is 99.5 Å². The Morgan fingerprint density at radius 3 is 2.56 bits per heavy atom. The van der Waals surface area contributed by atoms with Crippen LogP contribution in [0.25, 0.3) is 0 Å². The fourth-order valence-electron chi connectivity index (χ4n) is 1.11. The zero-order chi connectivity index (χ0) is 12.0. The SMILES string of the molecule is CCOC(=O)C(Cl)Nc1ccc(OC)cc1. The second-order valence-electron chi connectivity index (χ2n) is 2.99. The quantitative estimate of drug-likeness (QED) is 0.490. The van der Waals surface area contributed by atoms with Gasteiger partial charge in [-0.05, 0) is 31.2 Å². The average Bonchev–Trinajstić information content (AvgIpc) is 2.30. The van der Waals surface area contributed by atoms with Gasteiger partial charge in [0.1, 0.15) is 5.75 Å². The maximum atomic E-state index is 11.2. The maximum Gasteiger partial charge on any atom is 0.344 e. The first-order valence-electron chi connectivity index (χ1n) is 4.88. The predicted molar refractivity (Wildman–Crippen MR) is 62.9 cm³/mol. The van der Waals surface area contributed by atoms with Gasteiger partial charge in [-0.2, -0.15) is 0 Å². The van der Waals surface area contributed by atoms with Crippen molar-refractivity contribution in [2.45, 2.75) is 12.4 Å². The normalized spacial score (nSPS) is 11.7. The molecule has 4 nitrogen and oxygen atoms in total. The van der Waals surface area contributed by atoms with Crippen LogP contribution in [0.5, 0.6) is 5.75 Å². The largest absolute Gasteiger partial charge is 0.497 e. The summed E-state index contributed by atoms with van der Waals surface area (Å²) in [5, 5.41) is 2.81. The number of anilines is 1. The molecular weight excluding hydrogens is 230 g/mol. The van der Waals surface area contributed by atoms with Crippen LogP contribution in [0.1, 0.15) is 6.92 Å². The molecule has 1 aromatic rings. The van der Waals surface area contributed by atoms with Crippen LogP contribution in [0.15, 0.2) is 24.3 Å². The number of benzene rings is 1. The molecule has 1 atom stereocenters. The highest BCUT2D eigenvalue weighted by Gasteiger charge is 2.15. The summed E-state index contributed by atoms with van der Waals surface area (Å²) >= 11 is 5.80. The van der Waals surface area contributed by atoms with Crippen molar-refractivity contribution in [3.63, 3.8) is 0 Å². The molecule has 0 aliphatic rings. The molecule has 0 radical (unpaired) electrons. The minimum absolute atomic E-state index is 0.312. The van der Waals surface area contributed by atoms with Crippen molar-refractivity contribution in [1.82, 2.24) is 0 Å². The van der Waals surface area contributed by atoms with E-state index in [-0.39, 0.29) is 0 Å². The third kappa shape index (κ3) is 3.62. The van der Waals surface area contributed by atoms with Gasteiger partial charge in [0, 0.05) is 5.69 Å². The first-order valence-corrected chi connectivity index (χ1v) is 5.32. The highest BCUT2D eigenvalue weighted by molar-refractivity contribution is 6.31. The van der Waals surface area contributed by atoms with E-state index in [1.807, 2.05) is 0 Å². The lowest BCUT2D eigenvalue weighted by Crippen LogP contribution is -2.25. The van der Waals surface area contributed by atoms with Crippen LogP contribution in [-0.2, 0) is 9.53 Å². The standard InChI is InChI=1S/C11H14ClNO3/c1-3-16-11(14)10(12)13-8-4-6-9(15-2)7-5-8/h4-7,10,13H,3H2,1-2H3. The first-order chi connectivity index (χ1) is 7.67. The van der Waals surface area contributed by atoms with E-state index in [4.69, 9.17) is 21.1 Å². The van der Waals surface area contributed by atoms with Crippen LogP contribution in [-0.4, -0.2) is 25.2 Å². The fraction of sp³-hybridized carbons (Fsp3) is 0.364. The van der Waals surface area contributed by atoms with Gasteiger partial charge in [-0.15, -0.1) is 0 Å². The van der Waals surface area contributed by atoms with Crippen LogP contribution < -0.4 is 10.1 Å². The minimum atomic E-state index is -0.881. The topological polar surface area (TPSA) is 47.6 Å². The van der Waals surface area contributed by atoms with Crippen LogP contribution >= 0.6 is 11.6 Å². The summed E-state index contributed by atoms with van der Waals surface area (Å²) in [5.41, 5.74) is -0.151. The molecule has 0 saturated carbocycles. The number of carbonyl (C=O) groups is 1. The molecule has 1 unspecified atom stereocenters. The minimum Gasteiger partial charge on any atom is -0.497 e. The number of hydrogen-bond acceptors (Lipinski definition) is 4. The molecular formula is C11H14ClNO3. The summed E-state index contributed by atoms with van der Waals surface area (Å²) in [6.45, 7) is 2.04. The molecule has 88 valence electrons. The molecule has 5 heteroatoms. The zero-order valence-corrected chi connectivity index (χ0v) is 9.95. The maximum absolute atomic E-state index is 11.2. The van der Waals surface area contributed by atoms with Gasteiger partial charge >= 0.3 is 5.97 Å². The summed E-state index contributed by atoms with van der Waals surface area (Å²) in [4.78, 5) is 11.2. The Balaban J connectivity index is 2.55. The fourth-order valence-corrected chi connectivity index (χ4v) is 1.30. The van der Waals surface area contributed by atoms with Gasteiger partial charge in [-0.1, -0.05) is 11.6 Å². The van der Waals surface area contributed by atoms with Crippen molar-refractivity contribution in [2.75, 3.05) is 19.0 Å². The van der Waals surface area contributed by atoms with Crippen LogP contribution in [0.2, 0.25) is 0 Å². The second-order valence-corrected chi connectivity index (χ2v) is 3.42. The Bertz CT molecular complexity index is 340. The molecule has 1 rings (SSSR count). The van der Waals surface area contributed by atoms with Crippen LogP contribution in [0.4, 0.5) is 5.69 Å². The van der Waals surface area contributed by atoms with Gasteiger partial charge in [0.15, 0.2) is 0 Å². The Morgan fingerprint density at radius 1 is 1.44 bits per heavy atom. The number of esters is 1. The number of carbonyl (C=O) groups excluding carboxylic acids is 1. The molecule has 0 aromatic heterocycles. The number of hydrogen-bond donors (Lipinski definition) is 1. The molecule has 1 aromatic carbocycles. The van der Waals surface area contributed by atoms with E-state index in [1.165, 1.54) is 0 Å². The van der Waals surface area contributed by atoms with E-state index in [9.17, 15) is 4.79 Å². The molecule has 0 heterocycles. The van der Waals surface area contributed by atoms with Gasteiger partial charge in [-0.25, -0.2) is 4.79 Å². The van der Waals surface area contributed by atoms with E-state index in [1.54, 1.807) is 38.3 Å². The molecule has 0 aliphatic carbocycles. The molecule has 0 saturated heterocycles. The monoisotopic (exact) mass is 243 g/mol. The summed E-state index contributed by atoms with van der Waals surface area (Å²) in [6.07, 6.45) is 0. The lowest BCUT2D eigenvalue weighted by atomic mass is 10.3. The average molecular weight is 244 g/mol. The number of methoxy groups -OCH3 is 1. The van der Waals surface area contributed by atoms with E-state index < -0.39 is 11.5 Å². The van der Waals surface area contributed by atoms with Gasteiger partial charge in [0.25, 0.3) is 0 Å². The molecule has 16 heavy (non-hydrogen) atoms. The van der Waals surface area contributed by atoms with Gasteiger partial charge in [-0.3, -0.25) is 0 Å². The van der Waals surface area contributed by atoms with Crippen LogP contribution in [0.3, 0.4) is 0 Å². The Hall–Kier alpha value is -1.42. The smallest absolute Gasteiger partial charge is 0.344 e. The summed E-state index contributed by atoms with van der Waals surface area (Å²) < 4.78 is 9.77. The lowest BCUT2D eigenvalue weighted by Gasteiger charge is -2.12. The Morgan fingerprint density at radius 2 is 2.06 bits per heavy atom. The zero-order valence-electron chi connectivity index (χ0n) is 9.20. The van der Waals surface area contributed by atoms with E-state index in [0.717, 1.165) is 11.4 Å². The van der Waals surface area contributed by atoms with Crippen molar-refractivity contribution in [2.24, 2.45) is 0 Å². The van der Waals surface area contributed by atoms with Crippen molar-refractivity contribution >= 4 is 23.3 Å². The molecule has 0 aliphatic heterocycles. The third-order valence-corrected chi connectivity index (χ3v) is 2.16. The molecule has 0 spiro atoms. The number of rotatable bonds is 5. The van der Waals surface area contributed by atoms with Crippen molar-refractivity contribution < 1.29 is 14.3 Å². The Kier molecular flexibility index (Phi) is 4.92. The van der Waals surface area contributed by atoms with Crippen molar-refractivity contribution in [1.29, 1.82) is 0 Å². The van der Waals surface area contributed by atoms with Gasteiger partial charge in [0.2, 0.25) is 5.50 Å². The summed E-state index contributed by atoms with van der Waals surface area (Å²) in [6, 6.07) is 7.09. The summed E-state index contributed by atoms with van der Waals surface area (Å²) in [7, 11) is 1.59. The highest BCUT2D eigenvalue weighted by Crippen LogP contribution is 2.16. The highest BCUT2D eigenvalue weighted by atomic mass is 35.5. The third-order valence-electron chi connectivity index (χ3n) is 1.88. The molecule has 0 fully saturated rings. The molecule has 0 amide bonds. The van der Waals surface area contributed by atoms with E-state index in [2.05, 4.69) is 5.32 Å². The number of ether oxygens (including phenoxy) is 2. The molecule has 1 N–H and O–H groups in total. The summed E-state index contributed by atoms with van der Waals surface area (Å²) in [5.74, 6) is 0.257. The lowest BCUT2D eigenvalue weighted by molar-refractivity contribution is -0.142.